The van der Waals surface area contributed by atoms with Gasteiger partial charge < -0.3 is 11.5 Å². The minimum Gasteiger partial charge on any atom is -0.398 e. The number of nitrogens with two attached hydrogens (primary N) is 2. The van der Waals surface area contributed by atoms with E-state index in [1.54, 1.807) is 0 Å². The van der Waals surface area contributed by atoms with Gasteiger partial charge in [-0.25, -0.2) is 0 Å². The van der Waals surface area contributed by atoms with Gasteiger partial charge in [0.2, 0.25) is 0 Å². The molecule has 0 aliphatic carbocycles. The van der Waals surface area contributed by atoms with Gasteiger partial charge in [0, 0.05) is 43.7 Å². The fourth-order valence-corrected chi connectivity index (χ4v) is 8.41. The largest absolute Gasteiger partial charge is 0.398 e. The van der Waals surface area contributed by atoms with Crippen molar-refractivity contribution in [2.45, 2.75) is 0 Å². The van der Waals surface area contributed by atoms with Crippen LogP contribution in [0.2, 0.25) is 0 Å². The predicted molar refractivity (Wildman–Crippen MR) is 217 cm³/mol. The third kappa shape index (κ3) is 4.03. The van der Waals surface area contributed by atoms with Crippen LogP contribution in [0.4, 0.5) is 11.4 Å². The van der Waals surface area contributed by atoms with Gasteiger partial charge in [-0.3, -0.25) is 0 Å². The molecular formula is C48H32N2. The molecule has 0 amide bonds. The highest BCUT2D eigenvalue weighted by Crippen LogP contribution is 2.52. The first kappa shape index (κ1) is 28.4. The average Bonchev–Trinajstić information content (AvgIpc) is 3.18. The van der Waals surface area contributed by atoms with Gasteiger partial charge in [-0.05, 0) is 65.7 Å². The van der Waals surface area contributed by atoms with Gasteiger partial charge in [-0.2, -0.15) is 0 Å². The molecule has 2 heteroatoms. The molecule has 234 valence electrons. The lowest BCUT2D eigenvalue weighted by Gasteiger charge is -2.23. The minimum atomic E-state index is 0.791. The highest BCUT2D eigenvalue weighted by molar-refractivity contribution is 6.33. The Kier molecular flexibility index (Phi) is 6.21. The highest BCUT2D eigenvalue weighted by atomic mass is 14.6. The van der Waals surface area contributed by atoms with Crippen molar-refractivity contribution in [1.29, 1.82) is 0 Å². The Balaban J connectivity index is 1.49. The molecule has 0 radical (unpaired) electrons. The van der Waals surface area contributed by atoms with Crippen LogP contribution in [0.3, 0.4) is 0 Å². The third-order valence-electron chi connectivity index (χ3n) is 10.6. The van der Waals surface area contributed by atoms with Gasteiger partial charge in [0.15, 0.2) is 0 Å². The summed E-state index contributed by atoms with van der Waals surface area (Å²) in [5, 5.41) is 13.5. The first-order valence-electron chi connectivity index (χ1n) is 17.1. The molecule has 0 saturated carbocycles. The molecule has 0 fully saturated rings. The molecule has 2 nitrogen and oxygen atoms in total. The average molecular weight is 637 g/mol. The van der Waals surface area contributed by atoms with E-state index >= 15 is 0 Å². The van der Waals surface area contributed by atoms with E-state index in [2.05, 4.69) is 170 Å². The number of nitrogen functional groups attached to an aromatic ring is 2. The normalized spacial score (nSPS) is 11.8. The summed E-state index contributed by atoms with van der Waals surface area (Å²) in [7, 11) is 0. The van der Waals surface area contributed by atoms with E-state index in [-0.39, 0.29) is 0 Å². The van der Waals surface area contributed by atoms with Gasteiger partial charge in [-0.15, -0.1) is 0 Å². The number of rotatable bonds is 3. The van der Waals surface area contributed by atoms with E-state index in [0.29, 0.717) is 0 Å². The number of hydrogen-bond acceptors (Lipinski definition) is 2. The molecule has 0 spiro atoms. The van der Waals surface area contributed by atoms with Crippen LogP contribution in [0.25, 0.3) is 98.0 Å². The molecule has 10 aromatic rings. The maximum Gasteiger partial charge on any atom is 0.0474 e. The fraction of sp³-hybridized carbons (Fsp3) is 0. The van der Waals surface area contributed by atoms with Crippen LogP contribution in [0.5, 0.6) is 0 Å². The second kappa shape index (κ2) is 10.9. The molecule has 0 heterocycles. The van der Waals surface area contributed by atoms with Crippen molar-refractivity contribution in [2.75, 3.05) is 11.5 Å². The highest BCUT2D eigenvalue weighted by Gasteiger charge is 2.24. The summed E-state index contributed by atoms with van der Waals surface area (Å²) in [4.78, 5) is 0. The summed E-state index contributed by atoms with van der Waals surface area (Å²) in [5.41, 5.74) is 22.9. The van der Waals surface area contributed by atoms with Crippen LogP contribution in [0, 0.1) is 0 Å². The third-order valence-corrected chi connectivity index (χ3v) is 10.6. The molecule has 50 heavy (non-hydrogen) atoms. The van der Waals surface area contributed by atoms with Crippen LogP contribution in [-0.2, 0) is 0 Å². The molecule has 0 atom stereocenters. The smallest absolute Gasteiger partial charge is 0.0474 e. The maximum absolute atomic E-state index is 7.17. The van der Waals surface area contributed by atoms with Crippen molar-refractivity contribution in [2.24, 2.45) is 0 Å². The second-order valence-corrected chi connectivity index (χ2v) is 13.2. The number of fused-ring (bicyclic) bond motifs is 6. The van der Waals surface area contributed by atoms with E-state index < -0.39 is 0 Å². The van der Waals surface area contributed by atoms with Crippen LogP contribution in [-0.4, -0.2) is 0 Å². The lowest BCUT2D eigenvalue weighted by molar-refractivity contribution is 1.67. The number of benzene rings is 10. The summed E-state index contributed by atoms with van der Waals surface area (Å²) in [6, 6.07) is 60.9. The first-order valence-corrected chi connectivity index (χ1v) is 17.1. The molecule has 10 rings (SSSR count). The van der Waals surface area contributed by atoms with E-state index in [1.807, 2.05) is 0 Å². The summed E-state index contributed by atoms with van der Waals surface area (Å²) in [6.45, 7) is 0. The number of hydrogen-bond donors (Lipinski definition) is 2. The Bertz CT molecular complexity index is 2790. The van der Waals surface area contributed by atoms with Gasteiger partial charge in [0.1, 0.15) is 0 Å². The number of anilines is 2. The quantitative estimate of drug-likeness (QED) is 0.150. The van der Waals surface area contributed by atoms with Crippen LogP contribution in [0.15, 0.2) is 170 Å². The van der Waals surface area contributed by atoms with E-state index in [0.717, 1.165) is 65.6 Å². The summed E-state index contributed by atoms with van der Waals surface area (Å²) in [5.74, 6) is 0. The molecule has 0 aliphatic heterocycles. The Morgan fingerprint density at radius 3 is 0.980 bits per heavy atom. The van der Waals surface area contributed by atoms with Crippen molar-refractivity contribution in [3.8, 4) is 33.4 Å². The predicted octanol–water partition coefficient (Wildman–Crippen LogP) is 12.8. The standard InChI is InChI=1S/C48H32N2/c49-47-39-21-7-5-19-37(39)45(43-35(25-11-27-41(43)47)33-23-9-15-29-13-1-3-17-31(29)33)46-38-20-6-8-22-40(38)48(50)42-28-12-26-36(44(42)46)34-24-10-16-30-14-2-4-18-32(30)34/h1-28H,49-50H2. The van der Waals surface area contributed by atoms with Crippen LogP contribution < -0.4 is 11.5 Å². The second-order valence-electron chi connectivity index (χ2n) is 13.2. The first-order chi connectivity index (χ1) is 24.7. The lowest BCUT2D eigenvalue weighted by atomic mass is 9.80. The van der Waals surface area contributed by atoms with Gasteiger partial charge in [0.05, 0.1) is 0 Å². The zero-order chi connectivity index (χ0) is 33.3. The van der Waals surface area contributed by atoms with Crippen molar-refractivity contribution < 1.29 is 0 Å². The monoisotopic (exact) mass is 636 g/mol. The Morgan fingerprint density at radius 1 is 0.240 bits per heavy atom. The molecule has 10 aromatic carbocycles. The van der Waals surface area contributed by atoms with Crippen molar-refractivity contribution in [3.63, 3.8) is 0 Å². The van der Waals surface area contributed by atoms with Crippen LogP contribution >= 0.6 is 0 Å². The summed E-state index contributed by atoms with van der Waals surface area (Å²) >= 11 is 0. The van der Waals surface area contributed by atoms with Crippen molar-refractivity contribution in [1.82, 2.24) is 0 Å². The lowest BCUT2D eigenvalue weighted by Crippen LogP contribution is -1.99. The Labute approximate surface area is 289 Å². The molecular weight excluding hydrogens is 605 g/mol. The van der Waals surface area contributed by atoms with Gasteiger partial charge in [0.25, 0.3) is 0 Å². The van der Waals surface area contributed by atoms with Gasteiger partial charge in [-0.1, -0.05) is 170 Å². The molecule has 0 aliphatic rings. The zero-order valence-electron chi connectivity index (χ0n) is 27.3. The fourth-order valence-electron chi connectivity index (χ4n) is 8.41. The van der Waals surface area contributed by atoms with E-state index in [4.69, 9.17) is 11.5 Å². The van der Waals surface area contributed by atoms with E-state index in [1.165, 1.54) is 43.8 Å². The Hall–Kier alpha value is -6.64. The summed E-state index contributed by atoms with van der Waals surface area (Å²) < 4.78 is 0. The molecule has 0 bridgehead atoms. The molecule has 0 aromatic heterocycles. The van der Waals surface area contributed by atoms with Gasteiger partial charge >= 0.3 is 0 Å². The SMILES string of the molecule is Nc1c2ccccc2c(-c2c3ccccc3c(N)c3cccc(-c4cccc5ccccc45)c23)c2c(-c3cccc4ccccc34)cccc12. The minimum absolute atomic E-state index is 0.791. The van der Waals surface area contributed by atoms with Crippen molar-refractivity contribution >= 4 is 76.0 Å². The molecule has 4 N–H and O–H groups in total. The van der Waals surface area contributed by atoms with E-state index in [9.17, 15) is 0 Å². The molecule has 0 saturated heterocycles. The van der Waals surface area contributed by atoms with Crippen LogP contribution in [0.1, 0.15) is 0 Å². The van der Waals surface area contributed by atoms with Crippen molar-refractivity contribution in [3.05, 3.63) is 170 Å². The molecule has 0 unspecified atom stereocenters. The Morgan fingerprint density at radius 2 is 0.540 bits per heavy atom. The summed E-state index contributed by atoms with van der Waals surface area (Å²) in [6.07, 6.45) is 0. The maximum atomic E-state index is 7.17. The zero-order valence-corrected chi connectivity index (χ0v) is 27.3. The topological polar surface area (TPSA) is 52.0 Å².